The Bertz CT molecular complexity index is 450. The van der Waals surface area contributed by atoms with E-state index in [-0.39, 0.29) is 6.04 Å². The third-order valence-corrected chi connectivity index (χ3v) is 2.51. The van der Waals surface area contributed by atoms with E-state index in [0.717, 1.165) is 21.1 Å². The van der Waals surface area contributed by atoms with Crippen LogP contribution in [0, 0.1) is 0 Å². The average Bonchev–Trinajstić information content (AvgIpc) is 2.47. The van der Waals surface area contributed by atoms with Crippen molar-refractivity contribution in [3.63, 3.8) is 0 Å². The zero-order valence-electron chi connectivity index (χ0n) is 7.83. The van der Waals surface area contributed by atoms with Gasteiger partial charge in [-0.15, -0.1) is 0 Å². The van der Waals surface area contributed by atoms with E-state index < -0.39 is 0 Å². The van der Waals surface area contributed by atoms with Crippen molar-refractivity contribution < 1.29 is 4.52 Å². The van der Waals surface area contributed by atoms with Crippen molar-refractivity contribution in [1.29, 1.82) is 0 Å². The summed E-state index contributed by atoms with van der Waals surface area (Å²) in [7, 11) is 0. The van der Waals surface area contributed by atoms with Crippen LogP contribution in [0.5, 0.6) is 0 Å². The first-order valence-corrected chi connectivity index (χ1v) is 5.25. The van der Waals surface area contributed by atoms with Crippen LogP contribution in [0.2, 0.25) is 0 Å². The van der Waals surface area contributed by atoms with Crippen LogP contribution in [0.4, 0.5) is 0 Å². The first kappa shape index (κ1) is 9.68. The molecule has 1 atom stereocenters. The number of fused-ring (bicyclic) bond motifs is 1. The molecular weight excluding hydrogens is 244 g/mol. The highest BCUT2D eigenvalue weighted by atomic mass is 79.9. The number of hydrogen-bond acceptors (Lipinski definition) is 3. The highest BCUT2D eigenvalue weighted by Crippen LogP contribution is 2.23. The van der Waals surface area contributed by atoms with Crippen LogP contribution in [0.25, 0.3) is 10.9 Å². The second kappa shape index (κ2) is 3.71. The Morgan fingerprint density at radius 2 is 2.36 bits per heavy atom. The standard InChI is InChI=1S/C10H11BrN2O/c1-6(12)4-10-8-5-7(11)2-3-9(8)13-14-10/h2-3,5-6H,4,12H2,1H3. The molecule has 1 unspecified atom stereocenters. The van der Waals surface area contributed by atoms with Crippen LogP contribution in [0.15, 0.2) is 27.2 Å². The molecule has 4 heteroatoms. The fraction of sp³-hybridized carbons (Fsp3) is 0.300. The van der Waals surface area contributed by atoms with Gasteiger partial charge in [0.15, 0.2) is 0 Å². The Kier molecular flexibility index (Phi) is 2.56. The normalized spacial score (nSPS) is 13.4. The van der Waals surface area contributed by atoms with E-state index in [4.69, 9.17) is 10.3 Å². The summed E-state index contributed by atoms with van der Waals surface area (Å²) in [5, 5.41) is 5.00. The van der Waals surface area contributed by atoms with Crippen LogP contribution in [0.3, 0.4) is 0 Å². The Morgan fingerprint density at radius 3 is 3.07 bits per heavy atom. The molecule has 2 aromatic rings. The zero-order valence-corrected chi connectivity index (χ0v) is 9.41. The van der Waals surface area contributed by atoms with E-state index in [0.29, 0.717) is 6.42 Å². The molecule has 0 amide bonds. The van der Waals surface area contributed by atoms with Gasteiger partial charge in [-0.05, 0) is 25.1 Å². The Hall–Kier alpha value is -0.870. The highest BCUT2D eigenvalue weighted by molar-refractivity contribution is 9.10. The summed E-state index contributed by atoms with van der Waals surface area (Å²) in [5.74, 6) is 0.858. The number of nitrogens with zero attached hydrogens (tertiary/aromatic N) is 1. The smallest absolute Gasteiger partial charge is 0.146 e. The highest BCUT2D eigenvalue weighted by Gasteiger charge is 2.09. The zero-order chi connectivity index (χ0) is 10.1. The molecule has 0 fully saturated rings. The maximum atomic E-state index is 5.71. The van der Waals surface area contributed by atoms with Crippen LogP contribution in [-0.4, -0.2) is 11.2 Å². The number of nitrogens with two attached hydrogens (primary N) is 1. The minimum atomic E-state index is 0.0881. The summed E-state index contributed by atoms with van der Waals surface area (Å²) in [6.45, 7) is 1.95. The molecule has 0 bridgehead atoms. The van der Waals surface area contributed by atoms with Crippen LogP contribution < -0.4 is 5.73 Å². The van der Waals surface area contributed by atoms with Crippen molar-refractivity contribution in [2.24, 2.45) is 5.73 Å². The van der Waals surface area contributed by atoms with Crippen molar-refractivity contribution >= 4 is 26.8 Å². The molecule has 2 rings (SSSR count). The number of hydrogen-bond donors (Lipinski definition) is 1. The lowest BCUT2D eigenvalue weighted by Crippen LogP contribution is -2.17. The van der Waals surface area contributed by atoms with E-state index in [1.807, 2.05) is 25.1 Å². The predicted octanol–water partition coefficient (Wildman–Crippen LogP) is 2.48. The van der Waals surface area contributed by atoms with Gasteiger partial charge in [-0.25, -0.2) is 0 Å². The number of benzene rings is 1. The summed E-state index contributed by atoms with van der Waals surface area (Å²) in [5.41, 5.74) is 6.59. The van der Waals surface area contributed by atoms with Crippen LogP contribution in [0.1, 0.15) is 12.7 Å². The summed E-state index contributed by atoms with van der Waals surface area (Å²) in [6.07, 6.45) is 0.715. The number of aromatic nitrogens is 1. The fourth-order valence-corrected chi connectivity index (χ4v) is 1.77. The van der Waals surface area contributed by atoms with Gasteiger partial charge < -0.3 is 10.3 Å². The maximum Gasteiger partial charge on any atom is 0.146 e. The lowest BCUT2D eigenvalue weighted by molar-refractivity contribution is 0.384. The Balaban J connectivity index is 2.50. The molecule has 1 aromatic carbocycles. The molecule has 0 spiro atoms. The van der Waals surface area contributed by atoms with Crippen molar-refractivity contribution in [3.05, 3.63) is 28.4 Å². The van der Waals surface area contributed by atoms with E-state index in [2.05, 4.69) is 21.1 Å². The third-order valence-electron chi connectivity index (χ3n) is 2.02. The Labute approximate surface area is 90.4 Å². The van der Waals surface area contributed by atoms with Crippen molar-refractivity contribution in [2.45, 2.75) is 19.4 Å². The molecule has 3 nitrogen and oxygen atoms in total. The number of halogens is 1. The van der Waals surface area contributed by atoms with Crippen LogP contribution in [-0.2, 0) is 6.42 Å². The third kappa shape index (κ3) is 1.81. The molecule has 2 N–H and O–H groups in total. The summed E-state index contributed by atoms with van der Waals surface area (Å²) < 4.78 is 6.26. The van der Waals surface area contributed by atoms with Crippen molar-refractivity contribution in [2.75, 3.05) is 0 Å². The quantitative estimate of drug-likeness (QED) is 0.896. The van der Waals surface area contributed by atoms with Gasteiger partial charge in [0.2, 0.25) is 0 Å². The molecule has 14 heavy (non-hydrogen) atoms. The lowest BCUT2D eigenvalue weighted by Gasteiger charge is -2.00. The molecule has 0 saturated carbocycles. The molecule has 0 aliphatic heterocycles. The lowest BCUT2D eigenvalue weighted by atomic mass is 10.1. The minimum absolute atomic E-state index is 0.0881. The Morgan fingerprint density at radius 1 is 1.57 bits per heavy atom. The van der Waals surface area contributed by atoms with Crippen molar-refractivity contribution in [1.82, 2.24) is 5.16 Å². The average molecular weight is 255 g/mol. The van der Waals surface area contributed by atoms with Crippen molar-refractivity contribution in [3.8, 4) is 0 Å². The van der Waals surface area contributed by atoms with Gasteiger partial charge >= 0.3 is 0 Å². The molecule has 1 aromatic heterocycles. The summed E-state index contributed by atoms with van der Waals surface area (Å²) >= 11 is 3.42. The molecule has 0 radical (unpaired) electrons. The predicted molar refractivity (Wildman–Crippen MR) is 59.1 cm³/mol. The van der Waals surface area contributed by atoms with Gasteiger partial charge in [0.1, 0.15) is 11.3 Å². The molecule has 0 saturated heterocycles. The minimum Gasteiger partial charge on any atom is -0.360 e. The van der Waals surface area contributed by atoms with E-state index >= 15 is 0 Å². The van der Waals surface area contributed by atoms with Gasteiger partial charge in [0.05, 0.1) is 0 Å². The maximum absolute atomic E-state index is 5.71. The summed E-state index contributed by atoms with van der Waals surface area (Å²) in [6, 6.07) is 5.96. The first-order valence-electron chi connectivity index (χ1n) is 4.46. The molecule has 0 aliphatic rings. The summed E-state index contributed by atoms with van der Waals surface area (Å²) in [4.78, 5) is 0. The van der Waals surface area contributed by atoms with Gasteiger partial charge in [0, 0.05) is 22.3 Å². The molecule has 74 valence electrons. The number of rotatable bonds is 2. The van der Waals surface area contributed by atoms with Gasteiger partial charge in [0.25, 0.3) is 0 Å². The largest absolute Gasteiger partial charge is 0.360 e. The van der Waals surface area contributed by atoms with E-state index in [1.165, 1.54) is 0 Å². The molecule has 1 heterocycles. The first-order chi connectivity index (χ1) is 6.66. The van der Waals surface area contributed by atoms with Gasteiger partial charge in [-0.1, -0.05) is 21.1 Å². The van der Waals surface area contributed by atoms with E-state index in [9.17, 15) is 0 Å². The molecule has 0 aliphatic carbocycles. The van der Waals surface area contributed by atoms with Gasteiger partial charge in [-0.2, -0.15) is 0 Å². The van der Waals surface area contributed by atoms with Gasteiger partial charge in [-0.3, -0.25) is 0 Å². The monoisotopic (exact) mass is 254 g/mol. The topological polar surface area (TPSA) is 52.0 Å². The molecular formula is C10H11BrN2O. The fourth-order valence-electron chi connectivity index (χ4n) is 1.40. The second-order valence-corrected chi connectivity index (χ2v) is 4.36. The second-order valence-electron chi connectivity index (χ2n) is 3.45. The van der Waals surface area contributed by atoms with Crippen LogP contribution >= 0.6 is 15.9 Å². The van der Waals surface area contributed by atoms with E-state index in [1.54, 1.807) is 0 Å². The SMILES string of the molecule is CC(N)Cc1onc2ccc(Br)cc12.